The summed E-state index contributed by atoms with van der Waals surface area (Å²) in [5.41, 5.74) is 0.553. The molecule has 15 heavy (non-hydrogen) atoms. The van der Waals surface area contributed by atoms with Crippen LogP contribution in [-0.4, -0.2) is 9.55 Å². The number of rotatable bonds is 1. The van der Waals surface area contributed by atoms with Gasteiger partial charge in [-0.2, -0.15) is 0 Å². The number of thiophene rings is 1. The SMILES string of the molecule is Cc1csc2[nH]c(=O)n(C3CC3)c(=O)c12. The summed E-state index contributed by atoms with van der Waals surface area (Å²) in [5.74, 6) is 0. The lowest BCUT2D eigenvalue weighted by Crippen LogP contribution is -2.34. The van der Waals surface area contributed by atoms with E-state index < -0.39 is 0 Å². The molecule has 2 heterocycles. The van der Waals surface area contributed by atoms with Gasteiger partial charge in [0, 0.05) is 6.04 Å². The minimum Gasteiger partial charge on any atom is -0.298 e. The molecule has 1 saturated carbocycles. The predicted octanol–water partition coefficient (Wildman–Crippen LogP) is 1.39. The summed E-state index contributed by atoms with van der Waals surface area (Å²) in [7, 11) is 0. The molecule has 5 heteroatoms. The zero-order chi connectivity index (χ0) is 10.6. The van der Waals surface area contributed by atoms with Crippen molar-refractivity contribution < 1.29 is 0 Å². The van der Waals surface area contributed by atoms with Gasteiger partial charge in [-0.15, -0.1) is 11.3 Å². The Morgan fingerprint density at radius 3 is 2.87 bits per heavy atom. The second-order valence-corrected chi connectivity index (χ2v) is 4.84. The van der Waals surface area contributed by atoms with Crippen molar-refractivity contribution in [1.29, 1.82) is 0 Å². The van der Waals surface area contributed by atoms with E-state index in [0.29, 0.717) is 10.2 Å². The van der Waals surface area contributed by atoms with E-state index in [0.717, 1.165) is 18.4 Å². The molecular formula is C10H10N2O2S. The van der Waals surface area contributed by atoms with E-state index in [9.17, 15) is 9.59 Å². The Labute approximate surface area is 89.2 Å². The molecule has 1 fully saturated rings. The fourth-order valence-corrected chi connectivity index (χ4v) is 2.76. The van der Waals surface area contributed by atoms with Gasteiger partial charge in [0.1, 0.15) is 4.83 Å². The Bertz CT molecular complexity index is 645. The lowest BCUT2D eigenvalue weighted by molar-refractivity contribution is 0.666. The van der Waals surface area contributed by atoms with E-state index in [4.69, 9.17) is 0 Å². The van der Waals surface area contributed by atoms with Crippen LogP contribution in [0.1, 0.15) is 24.4 Å². The average Bonchev–Trinajstić information content (AvgIpc) is 2.92. The van der Waals surface area contributed by atoms with Gasteiger partial charge in [-0.05, 0) is 30.7 Å². The molecule has 0 aromatic carbocycles. The maximum absolute atomic E-state index is 12.1. The van der Waals surface area contributed by atoms with Crippen molar-refractivity contribution in [2.24, 2.45) is 0 Å². The van der Waals surface area contributed by atoms with Gasteiger partial charge in [-0.3, -0.25) is 14.3 Å². The van der Waals surface area contributed by atoms with Gasteiger partial charge in [0.05, 0.1) is 5.39 Å². The Balaban J connectivity index is 2.50. The molecule has 1 N–H and O–H groups in total. The maximum atomic E-state index is 12.1. The van der Waals surface area contributed by atoms with E-state index in [-0.39, 0.29) is 17.3 Å². The zero-order valence-electron chi connectivity index (χ0n) is 8.24. The van der Waals surface area contributed by atoms with Crippen LogP contribution in [0.15, 0.2) is 15.0 Å². The van der Waals surface area contributed by atoms with Crippen LogP contribution < -0.4 is 11.2 Å². The third kappa shape index (κ3) is 1.19. The largest absolute Gasteiger partial charge is 0.329 e. The quantitative estimate of drug-likeness (QED) is 0.792. The van der Waals surface area contributed by atoms with Crippen LogP contribution in [0.4, 0.5) is 0 Å². The Morgan fingerprint density at radius 1 is 1.47 bits per heavy atom. The van der Waals surface area contributed by atoms with Crippen LogP contribution in [0.3, 0.4) is 0 Å². The number of fused-ring (bicyclic) bond motifs is 1. The van der Waals surface area contributed by atoms with Crippen LogP contribution in [0.2, 0.25) is 0 Å². The maximum Gasteiger partial charge on any atom is 0.329 e. The van der Waals surface area contributed by atoms with Crippen LogP contribution in [0.5, 0.6) is 0 Å². The molecule has 78 valence electrons. The molecule has 3 rings (SSSR count). The van der Waals surface area contributed by atoms with Gasteiger partial charge in [-0.25, -0.2) is 4.79 Å². The molecule has 0 spiro atoms. The Kier molecular flexibility index (Phi) is 1.68. The van der Waals surface area contributed by atoms with E-state index in [2.05, 4.69) is 4.98 Å². The molecule has 0 radical (unpaired) electrons. The normalized spacial score (nSPS) is 16.1. The van der Waals surface area contributed by atoms with Crippen molar-refractivity contribution in [2.75, 3.05) is 0 Å². The second-order valence-electron chi connectivity index (χ2n) is 3.96. The highest BCUT2D eigenvalue weighted by Crippen LogP contribution is 2.32. The third-order valence-corrected chi connectivity index (χ3v) is 3.77. The molecule has 0 amide bonds. The van der Waals surface area contributed by atoms with Crippen molar-refractivity contribution in [3.05, 3.63) is 31.8 Å². The number of nitrogens with zero attached hydrogens (tertiary/aromatic N) is 1. The highest BCUT2D eigenvalue weighted by molar-refractivity contribution is 7.16. The number of nitrogens with one attached hydrogen (secondary N) is 1. The average molecular weight is 222 g/mol. The van der Waals surface area contributed by atoms with Crippen LogP contribution in [0, 0.1) is 6.92 Å². The number of hydrogen-bond acceptors (Lipinski definition) is 3. The first-order chi connectivity index (χ1) is 7.18. The summed E-state index contributed by atoms with van der Waals surface area (Å²) in [5, 5.41) is 2.57. The fourth-order valence-electron chi connectivity index (χ4n) is 1.84. The molecule has 0 bridgehead atoms. The van der Waals surface area contributed by atoms with Crippen molar-refractivity contribution in [2.45, 2.75) is 25.8 Å². The molecule has 0 atom stereocenters. The number of aromatic nitrogens is 2. The molecule has 2 aromatic heterocycles. The molecule has 4 nitrogen and oxygen atoms in total. The minimum atomic E-state index is -0.267. The van der Waals surface area contributed by atoms with E-state index in [1.807, 2.05) is 12.3 Å². The van der Waals surface area contributed by atoms with Crippen molar-refractivity contribution in [3.63, 3.8) is 0 Å². The van der Waals surface area contributed by atoms with E-state index >= 15 is 0 Å². The van der Waals surface area contributed by atoms with Gasteiger partial charge < -0.3 is 0 Å². The first-order valence-corrected chi connectivity index (χ1v) is 5.79. The molecule has 1 aliphatic rings. The number of aryl methyl sites for hydroxylation is 1. The summed E-state index contributed by atoms with van der Waals surface area (Å²) in [4.78, 5) is 27.2. The molecule has 1 aliphatic carbocycles. The highest BCUT2D eigenvalue weighted by atomic mass is 32.1. The molecule has 0 aliphatic heterocycles. The van der Waals surface area contributed by atoms with Gasteiger partial charge in [-0.1, -0.05) is 0 Å². The number of hydrogen-bond donors (Lipinski definition) is 1. The summed E-state index contributed by atoms with van der Waals surface area (Å²) >= 11 is 1.41. The van der Waals surface area contributed by atoms with Crippen molar-refractivity contribution >= 4 is 21.6 Å². The van der Waals surface area contributed by atoms with E-state index in [1.54, 1.807) is 0 Å². The number of aromatic amines is 1. The lowest BCUT2D eigenvalue weighted by atomic mass is 10.3. The predicted molar refractivity (Wildman–Crippen MR) is 59.7 cm³/mol. The van der Waals surface area contributed by atoms with Gasteiger partial charge in [0.2, 0.25) is 0 Å². The van der Waals surface area contributed by atoms with Crippen molar-refractivity contribution in [3.8, 4) is 0 Å². The van der Waals surface area contributed by atoms with Gasteiger partial charge in [0.25, 0.3) is 5.56 Å². The van der Waals surface area contributed by atoms with Crippen LogP contribution >= 0.6 is 11.3 Å². The topological polar surface area (TPSA) is 54.9 Å². The third-order valence-electron chi connectivity index (χ3n) is 2.76. The first-order valence-electron chi connectivity index (χ1n) is 4.91. The number of H-pyrrole nitrogens is 1. The fraction of sp³-hybridized carbons (Fsp3) is 0.400. The van der Waals surface area contributed by atoms with E-state index in [1.165, 1.54) is 15.9 Å². The first kappa shape index (κ1) is 8.91. The minimum absolute atomic E-state index is 0.130. The molecule has 2 aromatic rings. The molecule has 0 unspecified atom stereocenters. The summed E-state index contributed by atoms with van der Waals surface area (Å²) in [6.07, 6.45) is 1.88. The van der Waals surface area contributed by atoms with Gasteiger partial charge in [0.15, 0.2) is 0 Å². The molecular weight excluding hydrogens is 212 g/mol. The lowest BCUT2D eigenvalue weighted by Gasteiger charge is -2.01. The van der Waals surface area contributed by atoms with Crippen molar-refractivity contribution in [1.82, 2.24) is 9.55 Å². The zero-order valence-corrected chi connectivity index (χ0v) is 9.06. The monoisotopic (exact) mass is 222 g/mol. The summed E-state index contributed by atoms with van der Waals surface area (Å²) < 4.78 is 1.36. The Hall–Kier alpha value is -1.36. The second kappa shape index (κ2) is 2.82. The smallest absolute Gasteiger partial charge is 0.298 e. The van der Waals surface area contributed by atoms with Crippen LogP contribution in [-0.2, 0) is 0 Å². The highest BCUT2D eigenvalue weighted by Gasteiger charge is 2.27. The summed E-state index contributed by atoms with van der Waals surface area (Å²) in [6, 6.07) is 0.130. The van der Waals surface area contributed by atoms with Gasteiger partial charge >= 0.3 is 5.69 Å². The standard InChI is InChI=1S/C10H10N2O2S/c1-5-4-15-8-7(5)9(13)12(6-2-3-6)10(14)11-8/h4,6H,2-3H2,1H3,(H,11,14). The van der Waals surface area contributed by atoms with Crippen LogP contribution in [0.25, 0.3) is 10.2 Å². The Morgan fingerprint density at radius 2 is 2.20 bits per heavy atom. The summed E-state index contributed by atoms with van der Waals surface area (Å²) in [6.45, 7) is 1.90. The molecule has 0 saturated heterocycles.